The molecule has 17 heavy (non-hydrogen) atoms. The third-order valence-electron chi connectivity index (χ3n) is 1.83. The summed E-state index contributed by atoms with van der Waals surface area (Å²) in [6.45, 7) is 1.68. The summed E-state index contributed by atoms with van der Waals surface area (Å²) >= 11 is 3.01. The van der Waals surface area contributed by atoms with Crippen LogP contribution in [0.4, 0.5) is 6.01 Å². The lowest BCUT2D eigenvalue weighted by Crippen LogP contribution is -2.17. The molecule has 0 radical (unpaired) electrons. The van der Waals surface area contributed by atoms with Gasteiger partial charge in [0, 0.05) is 7.05 Å². The van der Waals surface area contributed by atoms with Crippen LogP contribution in [0.5, 0.6) is 0 Å². The van der Waals surface area contributed by atoms with Gasteiger partial charge in [0.25, 0.3) is 10.0 Å². The van der Waals surface area contributed by atoms with Crippen molar-refractivity contribution in [3.8, 4) is 0 Å². The van der Waals surface area contributed by atoms with E-state index in [9.17, 15) is 8.42 Å². The molecule has 0 fully saturated rings. The van der Waals surface area contributed by atoms with E-state index >= 15 is 0 Å². The summed E-state index contributed by atoms with van der Waals surface area (Å²) in [6, 6.07) is -0.101. The Morgan fingerprint density at radius 1 is 1.53 bits per heavy atom. The number of halogens is 1. The fourth-order valence-electron chi connectivity index (χ4n) is 1.17. The number of sulfonamides is 1. The molecule has 92 valence electrons. The lowest BCUT2D eigenvalue weighted by Gasteiger charge is -2.03. The number of anilines is 1. The summed E-state index contributed by atoms with van der Waals surface area (Å²) < 4.78 is 32.3. The Kier molecular flexibility index (Phi) is 2.91. The number of aryl methyl sites for hydroxylation is 2. The number of nitrogens with one attached hydrogen (secondary N) is 1. The fourth-order valence-corrected chi connectivity index (χ4v) is 3.21. The fraction of sp³-hybridized carbons (Fsp3) is 0.286. The molecule has 0 bridgehead atoms. The third kappa shape index (κ3) is 2.31. The Morgan fingerprint density at radius 3 is 2.71 bits per heavy atom. The van der Waals surface area contributed by atoms with Crippen molar-refractivity contribution in [2.45, 2.75) is 11.9 Å². The molecule has 8 nitrogen and oxygen atoms in total. The van der Waals surface area contributed by atoms with Crippen LogP contribution < -0.4 is 4.72 Å². The topological polar surface area (TPSA) is 103 Å². The number of rotatable bonds is 3. The Bertz CT molecular complexity index is 627. The first-order valence-corrected chi connectivity index (χ1v) is 6.68. The van der Waals surface area contributed by atoms with Crippen LogP contribution in [0.25, 0.3) is 0 Å². The van der Waals surface area contributed by atoms with Gasteiger partial charge in [-0.3, -0.25) is 0 Å². The van der Waals surface area contributed by atoms with Crippen molar-refractivity contribution in [1.82, 2.24) is 20.0 Å². The van der Waals surface area contributed by atoms with Gasteiger partial charge in [-0.2, -0.15) is 13.4 Å². The van der Waals surface area contributed by atoms with E-state index < -0.39 is 10.0 Å². The van der Waals surface area contributed by atoms with Crippen molar-refractivity contribution >= 4 is 32.0 Å². The van der Waals surface area contributed by atoms with Crippen molar-refractivity contribution < 1.29 is 12.8 Å². The Labute approximate surface area is 105 Å². The molecule has 1 N–H and O–H groups in total. The number of aromatic nitrogens is 4. The summed E-state index contributed by atoms with van der Waals surface area (Å²) in [7, 11) is -2.37. The molecule has 0 aliphatic carbocycles. The molecule has 0 aromatic carbocycles. The Hall–Kier alpha value is -1.42. The molecule has 0 unspecified atom stereocenters. The smallest absolute Gasteiger partial charge is 0.309 e. The highest BCUT2D eigenvalue weighted by Crippen LogP contribution is 2.20. The molecule has 0 amide bonds. The first-order valence-electron chi connectivity index (χ1n) is 4.40. The summed E-state index contributed by atoms with van der Waals surface area (Å²) in [5.74, 6) is 0. The molecule has 2 rings (SSSR count). The highest BCUT2D eigenvalue weighted by Gasteiger charge is 2.25. The zero-order valence-electron chi connectivity index (χ0n) is 8.88. The Balaban J connectivity index is 2.38. The minimum absolute atomic E-state index is 0.101. The van der Waals surface area contributed by atoms with Crippen molar-refractivity contribution in [2.24, 2.45) is 7.05 Å². The lowest BCUT2D eigenvalue weighted by atomic mass is 10.6. The van der Waals surface area contributed by atoms with Gasteiger partial charge in [-0.15, -0.1) is 5.10 Å². The first-order chi connectivity index (χ1) is 7.90. The van der Waals surface area contributed by atoms with Crippen LogP contribution in [-0.2, 0) is 17.1 Å². The second-order valence-corrected chi connectivity index (χ2v) is 5.56. The summed E-state index contributed by atoms with van der Waals surface area (Å²) in [5, 5.41) is 7.06. The van der Waals surface area contributed by atoms with Crippen LogP contribution in [0.3, 0.4) is 0 Å². The van der Waals surface area contributed by atoms with Gasteiger partial charge in [0.15, 0.2) is 4.60 Å². The SMILES string of the molecule is Cc1coc(NS(=O)(=O)c2c(Br)nnn2C)n1. The molecule has 2 heterocycles. The van der Waals surface area contributed by atoms with E-state index in [2.05, 4.69) is 35.9 Å². The maximum atomic E-state index is 12.0. The third-order valence-corrected chi connectivity index (χ3v) is 4.04. The largest absolute Gasteiger partial charge is 0.431 e. The van der Waals surface area contributed by atoms with Crippen LogP contribution in [0.1, 0.15) is 5.69 Å². The minimum atomic E-state index is -3.83. The molecule has 0 spiro atoms. The predicted octanol–water partition coefficient (Wildman–Crippen LogP) is 0.675. The quantitative estimate of drug-likeness (QED) is 0.891. The molecular formula is C7H8BrN5O3S. The molecule has 0 saturated heterocycles. The second kappa shape index (κ2) is 4.11. The highest BCUT2D eigenvalue weighted by molar-refractivity contribution is 9.10. The standard InChI is InChI=1S/C7H8BrN5O3S/c1-4-3-16-7(9-4)11-17(14,15)6-5(8)10-12-13(6)2/h3H,1-2H3,(H,9,11). The monoisotopic (exact) mass is 321 g/mol. The van der Waals surface area contributed by atoms with E-state index in [1.807, 2.05) is 0 Å². The van der Waals surface area contributed by atoms with Gasteiger partial charge in [-0.05, 0) is 22.9 Å². The summed E-state index contributed by atoms with van der Waals surface area (Å²) in [6.07, 6.45) is 1.34. The van der Waals surface area contributed by atoms with Gasteiger partial charge in [0.1, 0.15) is 6.26 Å². The summed E-state index contributed by atoms with van der Waals surface area (Å²) in [4.78, 5) is 3.84. The molecule has 10 heteroatoms. The second-order valence-electron chi connectivity index (χ2n) is 3.21. The normalized spacial score (nSPS) is 11.7. The van der Waals surface area contributed by atoms with E-state index in [4.69, 9.17) is 4.42 Å². The van der Waals surface area contributed by atoms with Gasteiger partial charge in [0.2, 0.25) is 5.03 Å². The molecule has 0 aliphatic heterocycles. The minimum Gasteiger partial charge on any atom is -0.431 e. The molecule has 0 saturated carbocycles. The average Bonchev–Trinajstić information content (AvgIpc) is 2.73. The van der Waals surface area contributed by atoms with Crippen molar-refractivity contribution in [2.75, 3.05) is 4.72 Å². The molecular weight excluding hydrogens is 314 g/mol. The van der Waals surface area contributed by atoms with Gasteiger partial charge >= 0.3 is 6.01 Å². The zero-order valence-corrected chi connectivity index (χ0v) is 11.3. The molecule has 2 aromatic rings. The van der Waals surface area contributed by atoms with Crippen LogP contribution >= 0.6 is 15.9 Å². The van der Waals surface area contributed by atoms with Crippen LogP contribution in [0.2, 0.25) is 0 Å². The molecule has 0 atom stereocenters. The van der Waals surface area contributed by atoms with Crippen molar-refractivity contribution in [1.29, 1.82) is 0 Å². The number of hydrogen-bond donors (Lipinski definition) is 1. The molecule has 0 aliphatic rings. The van der Waals surface area contributed by atoms with E-state index in [1.54, 1.807) is 6.92 Å². The van der Waals surface area contributed by atoms with E-state index in [1.165, 1.54) is 13.3 Å². The maximum absolute atomic E-state index is 12.0. The van der Waals surface area contributed by atoms with Crippen LogP contribution in [0.15, 0.2) is 20.3 Å². The number of nitrogens with zero attached hydrogens (tertiary/aromatic N) is 4. The van der Waals surface area contributed by atoms with Crippen molar-refractivity contribution in [3.05, 3.63) is 16.6 Å². The van der Waals surface area contributed by atoms with E-state index in [-0.39, 0.29) is 15.6 Å². The average molecular weight is 322 g/mol. The molecule has 2 aromatic heterocycles. The number of hydrogen-bond acceptors (Lipinski definition) is 6. The van der Waals surface area contributed by atoms with Gasteiger partial charge in [0.05, 0.1) is 5.69 Å². The Morgan fingerprint density at radius 2 is 2.24 bits per heavy atom. The number of oxazole rings is 1. The van der Waals surface area contributed by atoms with Crippen LogP contribution in [0, 0.1) is 6.92 Å². The predicted molar refractivity (Wildman–Crippen MR) is 60.8 cm³/mol. The van der Waals surface area contributed by atoms with Gasteiger partial charge in [-0.1, -0.05) is 5.21 Å². The van der Waals surface area contributed by atoms with Gasteiger partial charge < -0.3 is 4.42 Å². The van der Waals surface area contributed by atoms with Crippen molar-refractivity contribution in [3.63, 3.8) is 0 Å². The lowest BCUT2D eigenvalue weighted by molar-refractivity contribution is 0.561. The zero-order chi connectivity index (χ0) is 12.6. The highest BCUT2D eigenvalue weighted by atomic mass is 79.9. The van der Waals surface area contributed by atoms with E-state index in [0.29, 0.717) is 5.69 Å². The van der Waals surface area contributed by atoms with Gasteiger partial charge in [-0.25, -0.2) is 9.40 Å². The van der Waals surface area contributed by atoms with Crippen LogP contribution in [-0.4, -0.2) is 28.4 Å². The summed E-state index contributed by atoms with van der Waals surface area (Å²) in [5.41, 5.74) is 0.574. The maximum Gasteiger partial charge on any atom is 0.309 e. The first kappa shape index (κ1) is 12.0. The van der Waals surface area contributed by atoms with E-state index in [0.717, 1.165) is 4.68 Å².